The Kier molecular flexibility index (Phi) is 4.03. The van der Waals surface area contributed by atoms with Crippen molar-refractivity contribution in [3.05, 3.63) is 42.2 Å². The van der Waals surface area contributed by atoms with Crippen LogP contribution in [0.15, 0.2) is 41.0 Å². The Morgan fingerprint density at radius 3 is 2.91 bits per heavy atom. The summed E-state index contributed by atoms with van der Waals surface area (Å²) in [5, 5.41) is 12.9. The van der Waals surface area contributed by atoms with E-state index in [0.29, 0.717) is 11.6 Å². The van der Waals surface area contributed by atoms with Gasteiger partial charge in [-0.25, -0.2) is 9.97 Å². The lowest BCUT2D eigenvalue weighted by Gasteiger charge is -2.09. The van der Waals surface area contributed by atoms with Gasteiger partial charge in [0, 0.05) is 17.5 Å². The maximum Gasteiger partial charge on any atom is 0.198 e. The summed E-state index contributed by atoms with van der Waals surface area (Å²) < 4.78 is 5.38. The molecule has 5 nitrogen and oxygen atoms in total. The zero-order valence-electron chi connectivity index (χ0n) is 12.1. The number of nitrogens with zero attached hydrogens (tertiary/aromatic N) is 2. The molecule has 3 aromatic rings. The highest BCUT2D eigenvalue weighted by Crippen LogP contribution is 2.26. The number of hydrogen-bond donors (Lipinski definition) is 2. The molecule has 0 fully saturated rings. The van der Waals surface area contributed by atoms with Gasteiger partial charge in [0.25, 0.3) is 0 Å². The monoisotopic (exact) mass is 293 g/mol. The summed E-state index contributed by atoms with van der Waals surface area (Å²) in [4.78, 5) is 9.08. The lowest BCUT2D eigenvalue weighted by atomic mass is 10.1. The summed E-state index contributed by atoms with van der Waals surface area (Å²) in [6.07, 6.45) is 1.60. The second-order valence-electron chi connectivity index (χ2n) is 4.60. The van der Waals surface area contributed by atoms with E-state index in [9.17, 15) is 0 Å². The molecule has 0 amide bonds. The first kappa shape index (κ1) is 14.1. The molecule has 0 unspecified atom stereocenters. The number of hydrogen-bond acceptors (Lipinski definition) is 5. The predicted octanol–water partition coefficient (Wildman–Crippen LogP) is 2.67. The normalized spacial score (nSPS) is 10.3. The zero-order chi connectivity index (χ0) is 15.4. The van der Waals surface area contributed by atoms with E-state index in [1.807, 2.05) is 37.3 Å². The third-order valence-corrected chi connectivity index (χ3v) is 3.09. The Labute approximate surface area is 128 Å². The lowest BCUT2D eigenvalue weighted by Crippen LogP contribution is -2.03. The van der Waals surface area contributed by atoms with Crippen molar-refractivity contribution in [1.29, 1.82) is 0 Å². The first-order valence-corrected chi connectivity index (χ1v) is 7.01. The summed E-state index contributed by atoms with van der Waals surface area (Å²) in [7, 11) is 0. The number of benzene rings is 1. The maximum absolute atomic E-state index is 8.80. The Morgan fingerprint density at radius 2 is 2.18 bits per heavy atom. The number of rotatable bonds is 3. The van der Waals surface area contributed by atoms with Crippen molar-refractivity contribution in [2.45, 2.75) is 6.92 Å². The Morgan fingerprint density at radius 1 is 1.27 bits per heavy atom. The van der Waals surface area contributed by atoms with Gasteiger partial charge in [-0.1, -0.05) is 11.8 Å². The van der Waals surface area contributed by atoms with Crippen LogP contribution in [-0.2, 0) is 0 Å². The molecule has 5 heteroatoms. The number of aliphatic hydroxyl groups excluding tert-OH is 1. The van der Waals surface area contributed by atoms with Gasteiger partial charge in [-0.05, 0) is 37.3 Å². The maximum atomic E-state index is 8.80. The molecule has 0 aliphatic heterocycles. The van der Waals surface area contributed by atoms with Gasteiger partial charge in [0.15, 0.2) is 11.6 Å². The van der Waals surface area contributed by atoms with E-state index in [4.69, 9.17) is 9.52 Å². The second-order valence-corrected chi connectivity index (χ2v) is 4.60. The van der Waals surface area contributed by atoms with E-state index in [2.05, 4.69) is 27.1 Å². The van der Waals surface area contributed by atoms with Crippen LogP contribution in [0.25, 0.3) is 22.5 Å². The largest absolute Gasteiger partial charge is 0.461 e. The van der Waals surface area contributed by atoms with E-state index in [1.54, 1.807) is 6.26 Å². The van der Waals surface area contributed by atoms with Crippen LogP contribution in [0.4, 0.5) is 5.82 Å². The molecule has 0 saturated carbocycles. The minimum atomic E-state index is -0.161. The number of aliphatic hydroxyl groups is 1. The average Bonchev–Trinajstić information content (AvgIpc) is 3.07. The second kappa shape index (κ2) is 6.29. The summed E-state index contributed by atoms with van der Waals surface area (Å²) in [6, 6.07) is 9.33. The molecule has 22 heavy (non-hydrogen) atoms. The number of fused-ring (bicyclic) bond motifs is 1. The molecule has 0 aliphatic rings. The SMILES string of the molecule is CCNc1nc(-c2ccco2)nc2ccc(C#CCO)cc12. The van der Waals surface area contributed by atoms with Crippen molar-refractivity contribution < 1.29 is 9.52 Å². The molecular formula is C17H15N3O2. The van der Waals surface area contributed by atoms with E-state index in [-0.39, 0.29) is 6.61 Å². The first-order valence-electron chi connectivity index (χ1n) is 7.01. The molecule has 2 aromatic heterocycles. The van der Waals surface area contributed by atoms with Crippen LogP contribution in [-0.4, -0.2) is 28.2 Å². The van der Waals surface area contributed by atoms with Gasteiger partial charge in [0.2, 0.25) is 0 Å². The third-order valence-electron chi connectivity index (χ3n) is 3.09. The quantitative estimate of drug-likeness (QED) is 0.726. The van der Waals surface area contributed by atoms with E-state index >= 15 is 0 Å². The predicted molar refractivity (Wildman–Crippen MR) is 85.4 cm³/mol. The van der Waals surface area contributed by atoms with Crippen LogP contribution < -0.4 is 5.32 Å². The number of furan rings is 1. The Hall–Kier alpha value is -2.84. The van der Waals surface area contributed by atoms with Crippen molar-refractivity contribution in [3.63, 3.8) is 0 Å². The van der Waals surface area contributed by atoms with Crippen LogP contribution in [0.5, 0.6) is 0 Å². The standard InChI is InChI=1S/C17H15N3O2/c1-2-18-16-13-11-12(5-3-9-21)7-8-14(13)19-17(20-16)15-6-4-10-22-15/h4,6-8,10-11,21H,2,9H2,1H3,(H,18,19,20). The van der Waals surface area contributed by atoms with Crippen molar-refractivity contribution in [2.75, 3.05) is 18.5 Å². The summed E-state index contributed by atoms with van der Waals surface area (Å²) in [5.74, 6) is 7.46. The Bertz CT molecular complexity index is 845. The highest BCUT2D eigenvalue weighted by Gasteiger charge is 2.11. The molecule has 110 valence electrons. The van der Waals surface area contributed by atoms with E-state index in [0.717, 1.165) is 28.8 Å². The van der Waals surface area contributed by atoms with Gasteiger partial charge >= 0.3 is 0 Å². The zero-order valence-corrected chi connectivity index (χ0v) is 12.1. The fourth-order valence-corrected chi connectivity index (χ4v) is 2.17. The molecule has 0 radical (unpaired) electrons. The van der Waals surface area contributed by atoms with Gasteiger partial charge in [0.1, 0.15) is 12.4 Å². The smallest absolute Gasteiger partial charge is 0.198 e. The number of aromatic nitrogens is 2. The summed E-state index contributed by atoms with van der Waals surface area (Å²) >= 11 is 0. The van der Waals surface area contributed by atoms with Crippen LogP contribution >= 0.6 is 0 Å². The Balaban J connectivity index is 2.17. The molecule has 2 heterocycles. The average molecular weight is 293 g/mol. The first-order chi connectivity index (χ1) is 10.8. The van der Waals surface area contributed by atoms with Crippen molar-refractivity contribution in [1.82, 2.24) is 9.97 Å². The molecule has 1 aromatic carbocycles. The number of anilines is 1. The van der Waals surface area contributed by atoms with Crippen LogP contribution in [0.2, 0.25) is 0 Å². The fraction of sp³-hybridized carbons (Fsp3) is 0.176. The minimum absolute atomic E-state index is 0.161. The van der Waals surface area contributed by atoms with Crippen LogP contribution in [0.1, 0.15) is 12.5 Å². The van der Waals surface area contributed by atoms with Gasteiger partial charge < -0.3 is 14.8 Å². The number of nitrogens with one attached hydrogen (secondary N) is 1. The van der Waals surface area contributed by atoms with E-state index < -0.39 is 0 Å². The summed E-state index contributed by atoms with van der Waals surface area (Å²) in [6.45, 7) is 2.60. The molecule has 3 rings (SSSR count). The molecule has 0 aliphatic carbocycles. The minimum Gasteiger partial charge on any atom is -0.461 e. The third kappa shape index (κ3) is 2.78. The highest BCUT2D eigenvalue weighted by molar-refractivity contribution is 5.91. The van der Waals surface area contributed by atoms with Gasteiger partial charge in [-0.3, -0.25) is 0 Å². The van der Waals surface area contributed by atoms with Crippen molar-refractivity contribution in [3.8, 4) is 23.4 Å². The van der Waals surface area contributed by atoms with Crippen LogP contribution in [0, 0.1) is 11.8 Å². The molecule has 0 saturated heterocycles. The van der Waals surface area contributed by atoms with Crippen molar-refractivity contribution >= 4 is 16.7 Å². The van der Waals surface area contributed by atoms with E-state index in [1.165, 1.54) is 0 Å². The lowest BCUT2D eigenvalue weighted by molar-refractivity contribution is 0.350. The fourth-order valence-electron chi connectivity index (χ4n) is 2.17. The molecule has 0 atom stereocenters. The van der Waals surface area contributed by atoms with Gasteiger partial charge in [-0.15, -0.1) is 0 Å². The van der Waals surface area contributed by atoms with Crippen molar-refractivity contribution in [2.24, 2.45) is 0 Å². The summed E-state index contributed by atoms with van der Waals surface area (Å²) in [5.41, 5.74) is 1.63. The molecular weight excluding hydrogens is 278 g/mol. The molecule has 0 bridgehead atoms. The van der Waals surface area contributed by atoms with Gasteiger partial charge in [0.05, 0.1) is 11.8 Å². The topological polar surface area (TPSA) is 71.2 Å². The molecule has 0 spiro atoms. The highest BCUT2D eigenvalue weighted by atomic mass is 16.3. The van der Waals surface area contributed by atoms with Gasteiger partial charge in [-0.2, -0.15) is 0 Å². The van der Waals surface area contributed by atoms with Crippen LogP contribution in [0.3, 0.4) is 0 Å². The molecule has 2 N–H and O–H groups in total.